The number of likely N-dealkylation sites (N-methyl/N-ethyl adjacent to an activating group) is 1. The SMILES string of the molecule is CC(C(=O)O)N(C)c1ccc(S(=O)(=O)NC2CC2)cc1. The number of hydrogen-bond acceptors (Lipinski definition) is 4. The van der Waals surface area contributed by atoms with Crippen molar-refractivity contribution in [1.29, 1.82) is 0 Å². The summed E-state index contributed by atoms with van der Waals surface area (Å²) >= 11 is 0. The van der Waals surface area contributed by atoms with E-state index in [9.17, 15) is 13.2 Å². The second-order valence-corrected chi connectivity index (χ2v) is 6.73. The molecule has 110 valence electrons. The van der Waals surface area contributed by atoms with Gasteiger partial charge in [-0.1, -0.05) is 0 Å². The van der Waals surface area contributed by atoms with E-state index in [0.717, 1.165) is 12.8 Å². The van der Waals surface area contributed by atoms with Gasteiger partial charge in [0.25, 0.3) is 0 Å². The van der Waals surface area contributed by atoms with Gasteiger partial charge in [-0.05, 0) is 44.0 Å². The van der Waals surface area contributed by atoms with Crippen molar-refractivity contribution in [2.45, 2.75) is 36.7 Å². The third kappa shape index (κ3) is 3.29. The molecule has 2 N–H and O–H groups in total. The van der Waals surface area contributed by atoms with E-state index >= 15 is 0 Å². The molecule has 0 amide bonds. The lowest BCUT2D eigenvalue weighted by atomic mass is 10.2. The maximum atomic E-state index is 12.0. The van der Waals surface area contributed by atoms with Crippen LogP contribution in [0.15, 0.2) is 29.2 Å². The average Bonchev–Trinajstić information content (AvgIpc) is 3.20. The van der Waals surface area contributed by atoms with Crippen LogP contribution in [0.3, 0.4) is 0 Å². The Bertz CT molecular complexity index is 593. The van der Waals surface area contributed by atoms with Gasteiger partial charge in [-0.25, -0.2) is 17.9 Å². The van der Waals surface area contributed by atoms with Gasteiger partial charge < -0.3 is 10.0 Å². The van der Waals surface area contributed by atoms with Crippen LogP contribution >= 0.6 is 0 Å². The van der Waals surface area contributed by atoms with E-state index in [2.05, 4.69) is 4.72 Å². The number of carbonyl (C=O) groups is 1. The van der Waals surface area contributed by atoms with Gasteiger partial charge in [-0.2, -0.15) is 0 Å². The zero-order chi connectivity index (χ0) is 14.9. The molecule has 0 aliphatic heterocycles. The monoisotopic (exact) mass is 298 g/mol. The van der Waals surface area contributed by atoms with Crippen molar-refractivity contribution in [3.8, 4) is 0 Å². The molecule has 1 saturated carbocycles. The first kappa shape index (κ1) is 14.8. The first-order chi connectivity index (χ1) is 9.31. The number of anilines is 1. The van der Waals surface area contributed by atoms with Gasteiger partial charge >= 0.3 is 5.97 Å². The lowest BCUT2D eigenvalue weighted by Gasteiger charge is -2.23. The van der Waals surface area contributed by atoms with Gasteiger partial charge in [-0.3, -0.25) is 0 Å². The maximum absolute atomic E-state index is 12.0. The van der Waals surface area contributed by atoms with Crippen molar-refractivity contribution in [3.63, 3.8) is 0 Å². The minimum absolute atomic E-state index is 0.0642. The lowest BCUT2D eigenvalue weighted by Crippen LogP contribution is -2.35. The molecule has 0 heterocycles. The summed E-state index contributed by atoms with van der Waals surface area (Å²) in [5.74, 6) is -0.931. The largest absolute Gasteiger partial charge is 0.480 e. The first-order valence-electron chi connectivity index (χ1n) is 6.39. The Kier molecular flexibility index (Phi) is 4.01. The first-order valence-corrected chi connectivity index (χ1v) is 7.87. The molecule has 20 heavy (non-hydrogen) atoms. The summed E-state index contributed by atoms with van der Waals surface area (Å²) in [6, 6.07) is 5.59. The van der Waals surface area contributed by atoms with Crippen LogP contribution in [0.2, 0.25) is 0 Å². The average molecular weight is 298 g/mol. The van der Waals surface area contributed by atoms with E-state index in [4.69, 9.17) is 5.11 Å². The van der Waals surface area contributed by atoms with Gasteiger partial charge in [0.15, 0.2) is 0 Å². The molecule has 0 bridgehead atoms. The van der Waals surface area contributed by atoms with Crippen LogP contribution in [0, 0.1) is 0 Å². The fourth-order valence-corrected chi connectivity index (χ4v) is 3.04. The predicted molar refractivity (Wildman–Crippen MR) is 75.3 cm³/mol. The Balaban J connectivity index is 2.15. The Morgan fingerprint density at radius 1 is 1.35 bits per heavy atom. The molecule has 1 aromatic carbocycles. The summed E-state index contributed by atoms with van der Waals surface area (Å²) < 4.78 is 26.6. The second-order valence-electron chi connectivity index (χ2n) is 5.01. The molecule has 1 atom stereocenters. The summed E-state index contributed by atoms with van der Waals surface area (Å²) in [7, 11) is -1.80. The Hall–Kier alpha value is -1.60. The number of sulfonamides is 1. The van der Waals surface area contributed by atoms with E-state index in [1.165, 1.54) is 12.1 Å². The highest BCUT2D eigenvalue weighted by atomic mass is 32.2. The zero-order valence-electron chi connectivity index (χ0n) is 11.4. The molecule has 7 heteroatoms. The topological polar surface area (TPSA) is 86.7 Å². The van der Waals surface area contributed by atoms with Crippen LogP contribution in [-0.4, -0.2) is 38.6 Å². The summed E-state index contributed by atoms with van der Waals surface area (Å²) in [4.78, 5) is 12.7. The van der Waals surface area contributed by atoms with Crippen molar-refractivity contribution in [2.75, 3.05) is 11.9 Å². The molecule has 1 aliphatic carbocycles. The number of nitrogens with one attached hydrogen (secondary N) is 1. The normalized spacial score (nSPS) is 16.7. The Morgan fingerprint density at radius 3 is 2.35 bits per heavy atom. The number of nitrogens with zero attached hydrogens (tertiary/aromatic N) is 1. The summed E-state index contributed by atoms with van der Waals surface area (Å²) in [6.45, 7) is 1.57. The third-order valence-electron chi connectivity index (χ3n) is 3.39. The summed E-state index contributed by atoms with van der Waals surface area (Å²) in [6.07, 6.45) is 1.77. The fraction of sp³-hybridized carbons (Fsp3) is 0.462. The zero-order valence-corrected chi connectivity index (χ0v) is 12.2. The molecule has 0 aromatic heterocycles. The van der Waals surface area contributed by atoms with Crippen molar-refractivity contribution in [1.82, 2.24) is 4.72 Å². The molecule has 1 aliphatic rings. The minimum Gasteiger partial charge on any atom is -0.480 e. The van der Waals surface area contributed by atoms with Gasteiger partial charge in [0.05, 0.1) is 4.90 Å². The Morgan fingerprint density at radius 2 is 1.90 bits per heavy atom. The molecule has 2 rings (SSSR count). The van der Waals surface area contributed by atoms with Crippen LogP contribution in [0.5, 0.6) is 0 Å². The maximum Gasteiger partial charge on any atom is 0.326 e. The van der Waals surface area contributed by atoms with E-state index in [-0.39, 0.29) is 10.9 Å². The number of carboxylic acids is 1. The second kappa shape index (κ2) is 5.41. The molecule has 0 saturated heterocycles. The predicted octanol–water partition coefficient (Wildman–Crippen LogP) is 1.04. The number of hydrogen-bond donors (Lipinski definition) is 2. The molecule has 1 unspecified atom stereocenters. The molecular weight excluding hydrogens is 280 g/mol. The number of aliphatic carboxylic acids is 1. The van der Waals surface area contributed by atoms with Crippen LogP contribution in [0.1, 0.15) is 19.8 Å². The summed E-state index contributed by atoms with van der Waals surface area (Å²) in [5, 5.41) is 8.96. The highest BCUT2D eigenvalue weighted by Gasteiger charge is 2.28. The van der Waals surface area contributed by atoms with Crippen LogP contribution < -0.4 is 9.62 Å². The lowest BCUT2D eigenvalue weighted by molar-refractivity contribution is -0.138. The summed E-state index contributed by atoms with van der Waals surface area (Å²) in [5.41, 5.74) is 0.658. The van der Waals surface area contributed by atoms with Crippen molar-refractivity contribution >= 4 is 21.7 Å². The van der Waals surface area contributed by atoms with Gasteiger partial charge in [-0.15, -0.1) is 0 Å². The van der Waals surface area contributed by atoms with E-state index in [1.54, 1.807) is 31.0 Å². The Labute approximate surface area is 118 Å². The van der Waals surface area contributed by atoms with Gasteiger partial charge in [0.1, 0.15) is 6.04 Å². The van der Waals surface area contributed by atoms with Crippen LogP contribution in [0.4, 0.5) is 5.69 Å². The quantitative estimate of drug-likeness (QED) is 0.819. The number of benzene rings is 1. The molecule has 1 fully saturated rings. The van der Waals surface area contributed by atoms with E-state index in [0.29, 0.717) is 5.69 Å². The molecular formula is C13H18N2O4S. The standard InChI is InChI=1S/C13H18N2O4S/c1-9(13(16)17)15(2)11-5-7-12(8-6-11)20(18,19)14-10-3-4-10/h5-10,14H,3-4H2,1-2H3,(H,16,17). The van der Waals surface area contributed by atoms with Gasteiger partial charge in [0.2, 0.25) is 10.0 Å². The fourth-order valence-electron chi connectivity index (χ4n) is 1.74. The molecule has 0 radical (unpaired) electrons. The number of rotatable bonds is 6. The van der Waals surface area contributed by atoms with E-state index < -0.39 is 22.0 Å². The van der Waals surface area contributed by atoms with Crippen LogP contribution in [0.25, 0.3) is 0 Å². The van der Waals surface area contributed by atoms with Crippen molar-refractivity contribution in [2.24, 2.45) is 0 Å². The highest BCUT2D eigenvalue weighted by molar-refractivity contribution is 7.89. The molecule has 6 nitrogen and oxygen atoms in total. The van der Waals surface area contributed by atoms with E-state index in [1.807, 2.05) is 0 Å². The third-order valence-corrected chi connectivity index (χ3v) is 4.93. The van der Waals surface area contributed by atoms with Gasteiger partial charge in [0, 0.05) is 18.8 Å². The molecule has 0 spiro atoms. The van der Waals surface area contributed by atoms with Crippen LogP contribution in [-0.2, 0) is 14.8 Å². The van der Waals surface area contributed by atoms with Crippen molar-refractivity contribution in [3.05, 3.63) is 24.3 Å². The minimum atomic E-state index is -3.46. The molecule has 1 aromatic rings. The highest BCUT2D eigenvalue weighted by Crippen LogP contribution is 2.23. The smallest absolute Gasteiger partial charge is 0.326 e. The van der Waals surface area contributed by atoms with Crippen molar-refractivity contribution < 1.29 is 18.3 Å². The number of carboxylic acid groups (broad SMARTS) is 1.